The Morgan fingerprint density at radius 1 is 1.88 bits per heavy atom. The molecule has 0 spiro atoms. The van der Waals surface area contributed by atoms with Gasteiger partial charge in [0.1, 0.15) is 6.07 Å². The van der Waals surface area contributed by atoms with Crippen molar-refractivity contribution < 1.29 is 9.22 Å². The van der Waals surface area contributed by atoms with Gasteiger partial charge in [0, 0.05) is 14.2 Å². The number of ether oxygens (including phenoxy) is 1. The van der Waals surface area contributed by atoms with Gasteiger partial charge in [-0.2, -0.15) is 5.26 Å². The highest BCUT2D eigenvalue weighted by Gasteiger charge is 2.09. The Morgan fingerprint density at radius 3 is 2.38 bits per heavy atom. The molecule has 0 aromatic carbocycles. The normalized spacial score (nSPS) is 13.4. The van der Waals surface area contributed by atoms with Crippen molar-refractivity contribution >= 4 is 0 Å². The summed E-state index contributed by atoms with van der Waals surface area (Å²) in [5, 5.41) is 8.23. The van der Waals surface area contributed by atoms with Crippen LogP contribution in [0.2, 0.25) is 0 Å². The summed E-state index contributed by atoms with van der Waals surface area (Å²) < 4.78 is 16.2. The van der Waals surface area contributed by atoms with Crippen molar-refractivity contribution in [1.29, 1.82) is 5.26 Å². The zero-order chi connectivity index (χ0) is 6.57. The van der Waals surface area contributed by atoms with E-state index in [0.717, 1.165) is 7.05 Å². The van der Waals surface area contributed by atoms with Gasteiger partial charge in [-0.05, 0) is 0 Å². The fourth-order valence-corrected chi connectivity index (χ4v) is 0.278. The molecule has 1 unspecified atom stereocenters. The van der Waals surface area contributed by atoms with Crippen LogP contribution in [0.5, 0.6) is 0 Å². The Morgan fingerprint density at radius 2 is 2.38 bits per heavy atom. The molecular formula is C4H7FN2O. The van der Waals surface area contributed by atoms with E-state index in [9.17, 15) is 4.48 Å². The van der Waals surface area contributed by atoms with Crippen molar-refractivity contribution in [3.8, 4) is 6.07 Å². The van der Waals surface area contributed by atoms with Crippen molar-refractivity contribution in [1.82, 2.24) is 5.12 Å². The molecule has 46 valence electrons. The monoisotopic (exact) mass is 118 g/mol. The van der Waals surface area contributed by atoms with Crippen LogP contribution < -0.4 is 0 Å². The number of methoxy groups -OCH3 is 1. The Kier molecular flexibility index (Phi) is 3.08. The van der Waals surface area contributed by atoms with Gasteiger partial charge in [0.05, 0.1) is 0 Å². The molecule has 0 aromatic heterocycles. The van der Waals surface area contributed by atoms with Gasteiger partial charge in [-0.1, -0.05) is 0 Å². The molecule has 0 bridgehead atoms. The summed E-state index contributed by atoms with van der Waals surface area (Å²) in [5.74, 6) is 0. The molecule has 0 aliphatic heterocycles. The van der Waals surface area contributed by atoms with Crippen LogP contribution in [0.4, 0.5) is 4.48 Å². The summed E-state index contributed by atoms with van der Waals surface area (Å²) in [5.41, 5.74) is 0. The Labute approximate surface area is 47.2 Å². The quantitative estimate of drug-likeness (QED) is 0.386. The van der Waals surface area contributed by atoms with Crippen molar-refractivity contribution in [3.05, 3.63) is 0 Å². The van der Waals surface area contributed by atoms with Gasteiger partial charge in [-0.25, -0.2) is 0 Å². The van der Waals surface area contributed by atoms with E-state index in [2.05, 4.69) is 4.74 Å². The average Bonchev–Trinajstić information content (AvgIpc) is 1.69. The maximum Gasteiger partial charge on any atom is 0.225 e. The highest BCUT2D eigenvalue weighted by molar-refractivity contribution is 4.78. The van der Waals surface area contributed by atoms with Crippen LogP contribution in [0.15, 0.2) is 0 Å². The summed E-state index contributed by atoms with van der Waals surface area (Å²) in [6, 6.07) is 1.58. The first kappa shape index (κ1) is 7.34. The van der Waals surface area contributed by atoms with Crippen LogP contribution in [-0.4, -0.2) is 25.5 Å². The third-order valence-corrected chi connectivity index (χ3v) is 0.657. The maximum absolute atomic E-state index is 11.9. The van der Waals surface area contributed by atoms with Gasteiger partial charge in [0.25, 0.3) is 0 Å². The molecular weight excluding hydrogens is 111 g/mol. The summed E-state index contributed by atoms with van der Waals surface area (Å²) in [6.45, 7) is 0. The molecule has 0 saturated carbocycles. The predicted molar refractivity (Wildman–Crippen MR) is 25.3 cm³/mol. The van der Waals surface area contributed by atoms with Crippen molar-refractivity contribution in [2.75, 3.05) is 14.2 Å². The van der Waals surface area contributed by atoms with E-state index in [0.29, 0.717) is 0 Å². The zero-order valence-corrected chi connectivity index (χ0v) is 4.76. The van der Waals surface area contributed by atoms with Gasteiger partial charge < -0.3 is 4.74 Å². The third kappa shape index (κ3) is 1.87. The number of rotatable bonds is 2. The number of halogens is 1. The molecule has 0 radical (unpaired) electrons. The summed E-state index contributed by atoms with van der Waals surface area (Å²) in [4.78, 5) is 0. The first-order valence-corrected chi connectivity index (χ1v) is 2.03. The molecule has 0 fully saturated rings. The van der Waals surface area contributed by atoms with Crippen molar-refractivity contribution in [2.45, 2.75) is 6.23 Å². The lowest BCUT2D eigenvalue weighted by molar-refractivity contribution is -0.0898. The topological polar surface area (TPSA) is 36.3 Å². The summed E-state index contributed by atoms with van der Waals surface area (Å²) in [7, 11) is 2.39. The van der Waals surface area contributed by atoms with E-state index in [1.54, 1.807) is 6.07 Å². The van der Waals surface area contributed by atoms with Gasteiger partial charge in [-0.3, -0.25) is 0 Å². The van der Waals surface area contributed by atoms with Crippen LogP contribution in [0.3, 0.4) is 0 Å². The van der Waals surface area contributed by atoms with Gasteiger partial charge in [-0.15, -0.1) is 9.60 Å². The summed E-state index contributed by atoms with van der Waals surface area (Å²) in [6.07, 6.45) is -1.07. The lowest BCUT2D eigenvalue weighted by Gasteiger charge is -2.08. The highest BCUT2D eigenvalue weighted by Crippen LogP contribution is 1.93. The number of nitrogens with zero attached hydrogens (tertiary/aromatic N) is 2. The van der Waals surface area contributed by atoms with E-state index in [1.807, 2.05) is 0 Å². The first-order valence-electron chi connectivity index (χ1n) is 2.03. The molecule has 0 N–H and O–H groups in total. The zero-order valence-electron chi connectivity index (χ0n) is 4.76. The Balaban J connectivity index is 3.57. The molecule has 8 heavy (non-hydrogen) atoms. The van der Waals surface area contributed by atoms with Gasteiger partial charge in [0.15, 0.2) is 0 Å². The second-order valence-corrected chi connectivity index (χ2v) is 1.24. The molecule has 0 aromatic rings. The van der Waals surface area contributed by atoms with Crippen molar-refractivity contribution in [2.24, 2.45) is 0 Å². The first-order chi connectivity index (χ1) is 3.72. The van der Waals surface area contributed by atoms with E-state index in [4.69, 9.17) is 5.26 Å². The average molecular weight is 118 g/mol. The molecule has 0 saturated heterocycles. The van der Waals surface area contributed by atoms with E-state index in [1.165, 1.54) is 7.11 Å². The van der Waals surface area contributed by atoms with Crippen LogP contribution >= 0.6 is 0 Å². The molecule has 4 heteroatoms. The predicted octanol–water partition coefficient (Wildman–Crippen LogP) is 0.299. The molecule has 0 aliphatic carbocycles. The largest absolute Gasteiger partial charge is 0.351 e. The highest BCUT2D eigenvalue weighted by atomic mass is 19.2. The summed E-state index contributed by atoms with van der Waals surface area (Å²) >= 11 is 0. The van der Waals surface area contributed by atoms with E-state index in [-0.39, 0.29) is 5.12 Å². The minimum atomic E-state index is -1.07. The number of hydrogen-bond donors (Lipinski definition) is 0. The number of hydrogen-bond acceptors (Lipinski definition) is 3. The van der Waals surface area contributed by atoms with Crippen molar-refractivity contribution in [3.63, 3.8) is 0 Å². The van der Waals surface area contributed by atoms with Gasteiger partial charge >= 0.3 is 0 Å². The fourth-order valence-electron chi connectivity index (χ4n) is 0.278. The van der Waals surface area contributed by atoms with Crippen LogP contribution in [0.25, 0.3) is 0 Å². The molecule has 0 amide bonds. The van der Waals surface area contributed by atoms with E-state index >= 15 is 0 Å². The SMILES string of the molecule is COC(C#N)N(C)F. The molecule has 0 heterocycles. The maximum atomic E-state index is 11.9. The second-order valence-electron chi connectivity index (χ2n) is 1.24. The minimum absolute atomic E-state index is 0.194. The molecule has 0 aliphatic rings. The van der Waals surface area contributed by atoms with E-state index < -0.39 is 6.23 Å². The lowest BCUT2D eigenvalue weighted by Crippen LogP contribution is -2.23. The number of nitriles is 1. The smallest absolute Gasteiger partial charge is 0.225 e. The minimum Gasteiger partial charge on any atom is -0.351 e. The third-order valence-electron chi connectivity index (χ3n) is 0.657. The standard InChI is InChI=1S/C4H7FN2O/c1-7(5)4(3-6)8-2/h4H,1-2H3. The molecule has 1 atom stereocenters. The van der Waals surface area contributed by atoms with Crippen LogP contribution in [0, 0.1) is 11.3 Å². The second kappa shape index (κ2) is 3.36. The Bertz CT molecular complexity index is 98.7. The van der Waals surface area contributed by atoms with Crippen LogP contribution in [-0.2, 0) is 4.74 Å². The lowest BCUT2D eigenvalue weighted by atomic mass is 10.6. The van der Waals surface area contributed by atoms with Gasteiger partial charge in [0.2, 0.25) is 6.23 Å². The molecule has 3 nitrogen and oxygen atoms in total. The van der Waals surface area contributed by atoms with Crippen LogP contribution in [0.1, 0.15) is 0 Å². The fraction of sp³-hybridized carbons (Fsp3) is 0.750. The molecule has 0 rings (SSSR count). The Hall–Kier alpha value is -0.660.